The lowest BCUT2D eigenvalue weighted by atomic mass is 10.2. The number of fused-ring (bicyclic) bond motifs is 1. The maximum atomic E-state index is 13.5. The Kier molecular flexibility index (Phi) is 2.44. The number of nitrogens with zero attached hydrogens (tertiary/aromatic N) is 1. The molecule has 0 aliphatic carbocycles. The van der Waals surface area contributed by atoms with Gasteiger partial charge in [0.25, 0.3) is 0 Å². The van der Waals surface area contributed by atoms with Gasteiger partial charge in [-0.15, -0.1) is 23.1 Å². The predicted octanol–water partition coefficient (Wildman–Crippen LogP) is 3.63. The highest BCUT2D eigenvalue weighted by Crippen LogP contribution is 2.31. The van der Waals surface area contributed by atoms with E-state index in [1.807, 2.05) is 18.4 Å². The van der Waals surface area contributed by atoms with E-state index in [1.165, 1.54) is 29.2 Å². The zero-order chi connectivity index (χ0) is 10.1. The largest absolute Gasteiger partial charge is 0.206 e. The fourth-order valence-corrected chi connectivity index (χ4v) is 2.69. The Morgan fingerprint density at radius 3 is 2.86 bits per heavy atom. The molecule has 0 saturated heterocycles. The van der Waals surface area contributed by atoms with Crippen molar-refractivity contribution >= 4 is 33.2 Å². The second kappa shape index (κ2) is 3.60. The molecule has 0 spiro atoms. The molecule has 1 aromatic heterocycles. The Morgan fingerprint density at radius 2 is 2.21 bits per heavy atom. The summed E-state index contributed by atoms with van der Waals surface area (Å²) < 4.78 is 14.3. The van der Waals surface area contributed by atoms with Crippen molar-refractivity contribution in [2.45, 2.75) is 4.90 Å². The highest BCUT2D eigenvalue weighted by Gasteiger charge is 2.07. The van der Waals surface area contributed by atoms with Gasteiger partial charge in [-0.3, -0.25) is 0 Å². The highest BCUT2D eigenvalue weighted by atomic mass is 32.2. The molecule has 1 heterocycles. The van der Waals surface area contributed by atoms with Crippen LogP contribution in [0.5, 0.6) is 0 Å². The molecular formula is C10H6FNS2. The van der Waals surface area contributed by atoms with Gasteiger partial charge in [-0.2, -0.15) is 5.26 Å². The first-order valence-electron chi connectivity index (χ1n) is 3.92. The number of thioether (sulfide) groups is 1. The number of hydrogen-bond donors (Lipinski definition) is 0. The third-order valence-corrected chi connectivity index (χ3v) is 3.60. The molecule has 1 nitrogen and oxygen atoms in total. The summed E-state index contributed by atoms with van der Waals surface area (Å²) in [5.74, 6) is -0.246. The van der Waals surface area contributed by atoms with E-state index in [0.29, 0.717) is 10.3 Å². The van der Waals surface area contributed by atoms with E-state index in [2.05, 4.69) is 0 Å². The minimum atomic E-state index is -0.246. The van der Waals surface area contributed by atoms with Crippen LogP contribution < -0.4 is 0 Å². The molecule has 0 aliphatic rings. The molecule has 2 rings (SSSR count). The van der Waals surface area contributed by atoms with E-state index in [4.69, 9.17) is 5.26 Å². The maximum Gasteiger partial charge on any atom is 0.133 e. The van der Waals surface area contributed by atoms with Crippen LogP contribution >= 0.6 is 23.1 Å². The van der Waals surface area contributed by atoms with Crippen LogP contribution in [0.1, 0.15) is 4.88 Å². The fourth-order valence-electron chi connectivity index (χ4n) is 1.25. The average Bonchev–Trinajstić information content (AvgIpc) is 2.61. The quantitative estimate of drug-likeness (QED) is 0.689. The van der Waals surface area contributed by atoms with Crippen molar-refractivity contribution < 1.29 is 4.39 Å². The molecule has 1 aromatic carbocycles. The summed E-state index contributed by atoms with van der Waals surface area (Å²) in [6.45, 7) is 0. The Labute approximate surface area is 89.2 Å². The second-order valence-electron chi connectivity index (χ2n) is 2.74. The van der Waals surface area contributed by atoms with Gasteiger partial charge in [0, 0.05) is 15.0 Å². The first-order valence-corrected chi connectivity index (χ1v) is 5.96. The lowest BCUT2D eigenvalue weighted by Gasteiger charge is -1.97. The van der Waals surface area contributed by atoms with Crippen molar-refractivity contribution in [3.63, 3.8) is 0 Å². The van der Waals surface area contributed by atoms with Crippen molar-refractivity contribution in [2.24, 2.45) is 0 Å². The van der Waals surface area contributed by atoms with E-state index in [9.17, 15) is 4.39 Å². The molecule has 0 bridgehead atoms. The third-order valence-electron chi connectivity index (χ3n) is 1.91. The van der Waals surface area contributed by atoms with Crippen molar-refractivity contribution in [2.75, 3.05) is 6.26 Å². The van der Waals surface area contributed by atoms with Crippen LogP contribution in [0.25, 0.3) is 10.1 Å². The first kappa shape index (κ1) is 9.50. The van der Waals surface area contributed by atoms with Gasteiger partial charge in [-0.05, 0) is 24.5 Å². The Morgan fingerprint density at radius 1 is 1.43 bits per heavy atom. The summed E-state index contributed by atoms with van der Waals surface area (Å²) >= 11 is 2.82. The zero-order valence-corrected chi connectivity index (χ0v) is 9.01. The summed E-state index contributed by atoms with van der Waals surface area (Å²) in [4.78, 5) is 1.44. The number of thiophene rings is 1. The maximum absolute atomic E-state index is 13.5. The molecule has 0 amide bonds. The molecule has 2 aromatic rings. The average molecular weight is 223 g/mol. The third kappa shape index (κ3) is 1.49. The lowest BCUT2D eigenvalue weighted by molar-refractivity contribution is 0.637. The van der Waals surface area contributed by atoms with Gasteiger partial charge in [0.2, 0.25) is 0 Å². The molecule has 4 heteroatoms. The Hall–Kier alpha value is -1.05. The molecule has 14 heavy (non-hydrogen) atoms. The van der Waals surface area contributed by atoms with Crippen LogP contribution in [-0.4, -0.2) is 6.26 Å². The van der Waals surface area contributed by atoms with Crippen LogP contribution in [0.4, 0.5) is 4.39 Å². The zero-order valence-electron chi connectivity index (χ0n) is 7.37. The molecule has 0 aliphatic heterocycles. The summed E-state index contributed by atoms with van der Waals surface area (Å²) in [7, 11) is 0. The number of nitriles is 1. The molecule has 0 radical (unpaired) electrons. The van der Waals surface area contributed by atoms with Gasteiger partial charge in [-0.25, -0.2) is 4.39 Å². The van der Waals surface area contributed by atoms with Gasteiger partial charge < -0.3 is 0 Å². The van der Waals surface area contributed by atoms with Crippen molar-refractivity contribution in [1.29, 1.82) is 5.26 Å². The van der Waals surface area contributed by atoms with Crippen LogP contribution in [0.15, 0.2) is 23.1 Å². The van der Waals surface area contributed by atoms with Gasteiger partial charge in [-0.1, -0.05) is 0 Å². The van der Waals surface area contributed by atoms with Crippen molar-refractivity contribution in [1.82, 2.24) is 0 Å². The number of rotatable bonds is 1. The summed E-state index contributed by atoms with van der Waals surface area (Å²) in [5.41, 5.74) is 0. The SMILES string of the molecule is CSc1cc(F)c2cc(C#N)sc2c1. The van der Waals surface area contributed by atoms with Crippen LogP contribution in [0.2, 0.25) is 0 Å². The lowest BCUT2D eigenvalue weighted by Crippen LogP contribution is -1.76. The topological polar surface area (TPSA) is 23.8 Å². The molecular weight excluding hydrogens is 217 g/mol. The van der Waals surface area contributed by atoms with E-state index in [1.54, 1.807) is 6.07 Å². The monoisotopic (exact) mass is 223 g/mol. The summed E-state index contributed by atoms with van der Waals surface area (Å²) in [5, 5.41) is 9.23. The van der Waals surface area contributed by atoms with Gasteiger partial charge >= 0.3 is 0 Å². The Balaban J connectivity index is 2.75. The van der Waals surface area contributed by atoms with Gasteiger partial charge in [0.05, 0.1) is 0 Å². The van der Waals surface area contributed by atoms with E-state index in [0.717, 1.165) is 9.60 Å². The number of benzene rings is 1. The van der Waals surface area contributed by atoms with E-state index >= 15 is 0 Å². The normalized spacial score (nSPS) is 10.4. The van der Waals surface area contributed by atoms with Crippen LogP contribution in [0, 0.1) is 17.1 Å². The number of hydrogen-bond acceptors (Lipinski definition) is 3. The summed E-state index contributed by atoms with van der Waals surface area (Å²) in [6.07, 6.45) is 1.90. The summed E-state index contributed by atoms with van der Waals surface area (Å²) in [6, 6.07) is 7.03. The first-order chi connectivity index (χ1) is 6.74. The minimum absolute atomic E-state index is 0.246. The number of halogens is 1. The minimum Gasteiger partial charge on any atom is -0.206 e. The van der Waals surface area contributed by atoms with Gasteiger partial charge in [0.1, 0.15) is 16.8 Å². The smallest absolute Gasteiger partial charge is 0.133 e. The van der Waals surface area contributed by atoms with Crippen molar-refractivity contribution in [3.05, 3.63) is 28.9 Å². The molecule has 0 atom stereocenters. The van der Waals surface area contributed by atoms with Crippen LogP contribution in [0.3, 0.4) is 0 Å². The molecule has 0 saturated carbocycles. The molecule has 70 valence electrons. The Bertz CT molecular complexity index is 525. The van der Waals surface area contributed by atoms with E-state index < -0.39 is 0 Å². The fraction of sp³-hybridized carbons (Fsp3) is 0.100. The predicted molar refractivity (Wildman–Crippen MR) is 58.3 cm³/mol. The highest BCUT2D eigenvalue weighted by molar-refractivity contribution is 7.98. The molecule has 0 unspecified atom stereocenters. The van der Waals surface area contributed by atoms with Gasteiger partial charge in [0.15, 0.2) is 0 Å². The standard InChI is InChI=1S/C10H6FNS2/c1-13-6-3-9(11)8-2-7(5-12)14-10(8)4-6/h2-4H,1H3. The second-order valence-corrected chi connectivity index (χ2v) is 4.71. The molecule has 0 fully saturated rings. The van der Waals surface area contributed by atoms with E-state index in [-0.39, 0.29) is 5.82 Å². The molecule has 0 N–H and O–H groups in total. The van der Waals surface area contributed by atoms with Crippen LogP contribution in [-0.2, 0) is 0 Å². The van der Waals surface area contributed by atoms with Crippen molar-refractivity contribution in [3.8, 4) is 6.07 Å².